The number of nitrogens with one attached hydrogen (secondary N) is 2. The number of nitrogens with zero attached hydrogens (tertiary/aromatic N) is 5. The van der Waals surface area contributed by atoms with Crippen molar-refractivity contribution in [1.82, 2.24) is 30.0 Å². The lowest BCUT2D eigenvalue weighted by molar-refractivity contribution is 0.0616. The fraction of sp³-hybridized carbons (Fsp3) is 0.381. The molecule has 0 aliphatic carbocycles. The second-order valence-corrected chi connectivity index (χ2v) is 7.28. The highest BCUT2D eigenvalue weighted by atomic mass is 16.3. The van der Waals surface area contributed by atoms with Gasteiger partial charge in [-0.25, -0.2) is 9.98 Å². The molecule has 3 N–H and O–H groups in total. The first-order valence-corrected chi connectivity index (χ1v) is 9.73. The van der Waals surface area contributed by atoms with E-state index in [1.54, 1.807) is 24.0 Å². The molecule has 0 radical (unpaired) electrons. The van der Waals surface area contributed by atoms with E-state index in [0.29, 0.717) is 19.0 Å². The summed E-state index contributed by atoms with van der Waals surface area (Å²) in [7, 11) is 1.83. The number of aliphatic imine (C=N–C) groups is 1. The number of rotatable bonds is 8. The first-order chi connectivity index (χ1) is 14.0. The van der Waals surface area contributed by atoms with Gasteiger partial charge in [0.1, 0.15) is 5.60 Å². The lowest BCUT2D eigenvalue weighted by atomic mass is 10.00. The number of benzene rings is 1. The smallest absolute Gasteiger partial charge is 0.191 e. The summed E-state index contributed by atoms with van der Waals surface area (Å²) in [6, 6.07) is 8.40. The van der Waals surface area contributed by atoms with Gasteiger partial charge in [0.2, 0.25) is 0 Å². The largest absolute Gasteiger partial charge is 0.383 e. The molecule has 8 nitrogen and oxygen atoms in total. The normalized spacial score (nSPS) is 13.9. The molecule has 1 unspecified atom stereocenters. The summed E-state index contributed by atoms with van der Waals surface area (Å²) in [4.78, 5) is 8.70. The Labute approximate surface area is 171 Å². The van der Waals surface area contributed by atoms with E-state index in [-0.39, 0.29) is 0 Å². The van der Waals surface area contributed by atoms with E-state index in [2.05, 4.69) is 50.0 Å². The molecule has 8 heteroatoms. The minimum Gasteiger partial charge on any atom is -0.383 e. The molecule has 2 heterocycles. The van der Waals surface area contributed by atoms with Crippen LogP contribution in [0.15, 0.2) is 60.4 Å². The molecule has 0 fully saturated rings. The fourth-order valence-electron chi connectivity index (χ4n) is 2.91. The van der Waals surface area contributed by atoms with Gasteiger partial charge in [-0.15, -0.1) is 0 Å². The zero-order valence-corrected chi connectivity index (χ0v) is 17.2. The molecule has 3 aromatic rings. The summed E-state index contributed by atoms with van der Waals surface area (Å²) in [6.45, 7) is 6.20. The van der Waals surface area contributed by atoms with Crippen molar-refractivity contribution in [2.45, 2.75) is 32.5 Å². The lowest BCUT2D eigenvalue weighted by Crippen LogP contribution is -2.44. The maximum absolute atomic E-state index is 10.7. The summed E-state index contributed by atoms with van der Waals surface area (Å²) in [6.07, 6.45) is 9.04. The van der Waals surface area contributed by atoms with Crippen molar-refractivity contribution in [1.29, 1.82) is 0 Å². The Balaban J connectivity index is 1.58. The molecule has 2 aromatic heterocycles. The van der Waals surface area contributed by atoms with Gasteiger partial charge in [-0.05, 0) is 25.0 Å². The average Bonchev–Trinajstić information content (AvgIpc) is 3.37. The Hall–Kier alpha value is -3.13. The molecular weight excluding hydrogens is 366 g/mol. The van der Waals surface area contributed by atoms with Crippen molar-refractivity contribution in [2.24, 2.45) is 12.0 Å². The molecule has 0 saturated heterocycles. The van der Waals surface area contributed by atoms with Gasteiger partial charge in [0.25, 0.3) is 0 Å². The third kappa shape index (κ3) is 5.92. The van der Waals surface area contributed by atoms with Gasteiger partial charge >= 0.3 is 0 Å². The molecule has 0 saturated carbocycles. The molecule has 1 atom stereocenters. The van der Waals surface area contributed by atoms with Crippen molar-refractivity contribution in [3.63, 3.8) is 0 Å². The Kier molecular flexibility index (Phi) is 6.66. The van der Waals surface area contributed by atoms with Crippen LogP contribution >= 0.6 is 0 Å². The SMILES string of the molecule is CCNC(=NCc1ccc(Cn2ccnc2)cc1)NCC(C)(O)c1cnn(C)c1. The Bertz CT molecular complexity index is 911. The van der Waals surface area contributed by atoms with Gasteiger partial charge in [-0.2, -0.15) is 5.10 Å². The van der Waals surface area contributed by atoms with E-state index in [4.69, 9.17) is 0 Å². The number of aromatic nitrogens is 4. The van der Waals surface area contributed by atoms with Crippen LogP contribution in [0, 0.1) is 0 Å². The zero-order chi connectivity index (χ0) is 20.7. The Morgan fingerprint density at radius 1 is 1.21 bits per heavy atom. The van der Waals surface area contributed by atoms with Crippen LogP contribution in [0.2, 0.25) is 0 Å². The third-order valence-electron chi connectivity index (χ3n) is 4.64. The van der Waals surface area contributed by atoms with Crippen LogP contribution < -0.4 is 10.6 Å². The lowest BCUT2D eigenvalue weighted by Gasteiger charge is -2.23. The molecular formula is C21H29N7O. The number of imidazole rings is 1. The number of hydrogen-bond acceptors (Lipinski definition) is 4. The first-order valence-electron chi connectivity index (χ1n) is 9.73. The maximum Gasteiger partial charge on any atom is 0.191 e. The monoisotopic (exact) mass is 395 g/mol. The van der Waals surface area contributed by atoms with Crippen LogP contribution in [0.25, 0.3) is 0 Å². The van der Waals surface area contributed by atoms with E-state index in [0.717, 1.165) is 24.2 Å². The van der Waals surface area contributed by atoms with Gasteiger partial charge in [0.05, 0.1) is 25.6 Å². The van der Waals surface area contributed by atoms with Crippen LogP contribution in [0.4, 0.5) is 0 Å². The summed E-state index contributed by atoms with van der Waals surface area (Å²) >= 11 is 0. The molecule has 0 bridgehead atoms. The zero-order valence-electron chi connectivity index (χ0n) is 17.2. The van der Waals surface area contributed by atoms with Crippen LogP contribution in [0.1, 0.15) is 30.5 Å². The predicted octanol–water partition coefficient (Wildman–Crippen LogP) is 1.63. The summed E-state index contributed by atoms with van der Waals surface area (Å²) in [5, 5.41) is 21.3. The molecule has 0 amide bonds. The molecule has 0 aliphatic rings. The van der Waals surface area contributed by atoms with E-state index >= 15 is 0 Å². The van der Waals surface area contributed by atoms with Crippen LogP contribution in [-0.4, -0.2) is 43.5 Å². The highest BCUT2D eigenvalue weighted by molar-refractivity contribution is 5.79. The summed E-state index contributed by atoms with van der Waals surface area (Å²) in [5.41, 5.74) is 2.06. The van der Waals surface area contributed by atoms with Crippen LogP contribution in [0.5, 0.6) is 0 Å². The molecule has 154 valence electrons. The minimum absolute atomic E-state index is 0.328. The van der Waals surface area contributed by atoms with Gasteiger partial charge in [0.15, 0.2) is 5.96 Å². The number of hydrogen-bond donors (Lipinski definition) is 3. The minimum atomic E-state index is -1.04. The van der Waals surface area contributed by atoms with Gasteiger partial charge in [-0.3, -0.25) is 4.68 Å². The number of guanidine groups is 1. The highest BCUT2D eigenvalue weighted by Gasteiger charge is 2.24. The topological polar surface area (TPSA) is 92.3 Å². The van der Waals surface area contributed by atoms with Gasteiger partial charge in [0, 0.05) is 44.3 Å². The second-order valence-electron chi connectivity index (χ2n) is 7.28. The fourth-order valence-corrected chi connectivity index (χ4v) is 2.91. The average molecular weight is 396 g/mol. The summed E-state index contributed by atoms with van der Waals surface area (Å²) in [5.74, 6) is 0.666. The van der Waals surface area contributed by atoms with Crippen molar-refractivity contribution in [3.05, 3.63) is 72.1 Å². The van der Waals surface area contributed by atoms with Gasteiger partial charge < -0.3 is 20.3 Å². The molecule has 0 spiro atoms. The highest BCUT2D eigenvalue weighted by Crippen LogP contribution is 2.18. The number of aliphatic hydroxyl groups is 1. The standard InChI is InChI=1S/C21H29N7O/c1-4-23-20(25-15-21(2,29)19-12-26-27(3)14-19)24-11-17-5-7-18(8-6-17)13-28-10-9-22-16-28/h5-10,12,14,16,29H,4,11,13,15H2,1-3H3,(H2,23,24,25). The van der Waals surface area contributed by atoms with E-state index in [9.17, 15) is 5.11 Å². The van der Waals surface area contributed by atoms with E-state index < -0.39 is 5.60 Å². The Morgan fingerprint density at radius 2 is 1.97 bits per heavy atom. The maximum atomic E-state index is 10.7. The predicted molar refractivity (Wildman–Crippen MR) is 113 cm³/mol. The first kappa shape index (κ1) is 20.6. The van der Waals surface area contributed by atoms with Crippen LogP contribution in [0.3, 0.4) is 0 Å². The third-order valence-corrected chi connectivity index (χ3v) is 4.64. The second kappa shape index (κ2) is 9.38. The molecule has 0 aliphatic heterocycles. The molecule has 3 rings (SSSR count). The van der Waals surface area contributed by atoms with Crippen molar-refractivity contribution >= 4 is 5.96 Å². The van der Waals surface area contributed by atoms with Gasteiger partial charge in [-0.1, -0.05) is 24.3 Å². The van der Waals surface area contributed by atoms with E-state index in [1.165, 1.54) is 5.56 Å². The quantitative estimate of drug-likeness (QED) is 0.398. The van der Waals surface area contributed by atoms with Crippen molar-refractivity contribution in [3.8, 4) is 0 Å². The van der Waals surface area contributed by atoms with Crippen molar-refractivity contribution < 1.29 is 5.11 Å². The molecule has 29 heavy (non-hydrogen) atoms. The number of aryl methyl sites for hydroxylation is 1. The Morgan fingerprint density at radius 3 is 2.59 bits per heavy atom. The van der Waals surface area contributed by atoms with Crippen LogP contribution in [-0.2, 0) is 25.7 Å². The summed E-state index contributed by atoms with van der Waals surface area (Å²) < 4.78 is 3.72. The van der Waals surface area contributed by atoms with E-state index in [1.807, 2.05) is 37.3 Å². The molecule has 1 aromatic carbocycles. The van der Waals surface area contributed by atoms with Crippen molar-refractivity contribution in [2.75, 3.05) is 13.1 Å².